The summed E-state index contributed by atoms with van der Waals surface area (Å²) >= 11 is 3.16. The number of benzene rings is 2. The van der Waals surface area contributed by atoms with Crippen molar-refractivity contribution >= 4 is 45.0 Å². The van der Waals surface area contributed by atoms with Crippen LogP contribution in [-0.2, 0) is 4.79 Å². The number of para-hydroxylation sites is 1. The van der Waals surface area contributed by atoms with E-state index in [4.69, 9.17) is 4.74 Å². The number of aromatic nitrogens is 3. The molecule has 5 rings (SSSR count). The summed E-state index contributed by atoms with van der Waals surface area (Å²) in [6.07, 6.45) is 1.60. The summed E-state index contributed by atoms with van der Waals surface area (Å²) in [5.74, 6) is 2.26. The van der Waals surface area contributed by atoms with Gasteiger partial charge in [-0.3, -0.25) is 4.79 Å². The van der Waals surface area contributed by atoms with Gasteiger partial charge in [0.05, 0.1) is 28.8 Å². The number of carbonyl (C=O) groups is 1. The standard InChI is InChI=1S/C24H23N5O2S2/c1-31-18-8-6-17(7-9-18)20-14-22(26-16-25-20)28-10-12-29(13-11-28)23(30)15-32-24-27-19-4-2-3-5-21(19)33-24/h2-9,14,16H,10-13,15H2,1H3. The lowest BCUT2D eigenvalue weighted by molar-refractivity contribution is -0.128. The smallest absolute Gasteiger partial charge is 0.233 e. The number of carbonyl (C=O) groups excluding carboxylic acids is 1. The van der Waals surface area contributed by atoms with Crippen LogP contribution in [0.4, 0.5) is 5.82 Å². The third-order valence-corrected chi connectivity index (χ3v) is 7.75. The molecule has 2 aromatic carbocycles. The molecule has 1 amide bonds. The highest BCUT2D eigenvalue weighted by Crippen LogP contribution is 2.29. The van der Waals surface area contributed by atoms with E-state index in [2.05, 4.69) is 25.9 Å². The number of rotatable bonds is 6. The maximum Gasteiger partial charge on any atom is 0.233 e. The van der Waals surface area contributed by atoms with Crippen molar-refractivity contribution in [3.05, 3.63) is 60.9 Å². The molecular formula is C24H23N5O2S2. The van der Waals surface area contributed by atoms with Crippen LogP contribution in [0.15, 0.2) is 65.3 Å². The van der Waals surface area contributed by atoms with E-state index in [0.29, 0.717) is 18.8 Å². The first kappa shape index (κ1) is 21.7. The maximum atomic E-state index is 12.7. The second kappa shape index (κ2) is 9.76. The van der Waals surface area contributed by atoms with Crippen LogP contribution in [0.5, 0.6) is 5.75 Å². The Kier molecular flexibility index (Phi) is 6.41. The molecule has 1 aliphatic rings. The average molecular weight is 478 g/mol. The molecule has 0 atom stereocenters. The lowest BCUT2D eigenvalue weighted by Gasteiger charge is -2.35. The van der Waals surface area contributed by atoms with Gasteiger partial charge in [0.1, 0.15) is 17.9 Å². The van der Waals surface area contributed by atoms with Gasteiger partial charge in [0.25, 0.3) is 0 Å². The number of hydrogen-bond donors (Lipinski definition) is 0. The Morgan fingerprint density at radius 2 is 1.85 bits per heavy atom. The van der Waals surface area contributed by atoms with Crippen LogP contribution in [0.25, 0.3) is 21.5 Å². The summed E-state index contributed by atoms with van der Waals surface area (Å²) < 4.78 is 7.32. The third kappa shape index (κ3) is 4.94. The number of nitrogens with zero attached hydrogens (tertiary/aromatic N) is 5. The lowest BCUT2D eigenvalue weighted by atomic mass is 10.1. The summed E-state index contributed by atoms with van der Waals surface area (Å²) in [7, 11) is 1.65. The fourth-order valence-electron chi connectivity index (χ4n) is 3.75. The summed E-state index contributed by atoms with van der Waals surface area (Å²) in [5, 5.41) is 0. The highest BCUT2D eigenvalue weighted by Gasteiger charge is 2.22. The average Bonchev–Trinajstić information content (AvgIpc) is 3.31. The highest BCUT2D eigenvalue weighted by molar-refractivity contribution is 8.01. The molecule has 2 aromatic heterocycles. The maximum absolute atomic E-state index is 12.7. The van der Waals surface area contributed by atoms with Gasteiger partial charge >= 0.3 is 0 Å². The van der Waals surface area contributed by atoms with Crippen molar-refractivity contribution in [1.29, 1.82) is 0 Å². The number of amides is 1. The van der Waals surface area contributed by atoms with Crippen LogP contribution >= 0.6 is 23.1 Å². The van der Waals surface area contributed by atoms with Crippen LogP contribution in [0.2, 0.25) is 0 Å². The zero-order chi connectivity index (χ0) is 22.6. The number of methoxy groups -OCH3 is 1. The number of ether oxygens (including phenoxy) is 1. The molecule has 1 aliphatic heterocycles. The summed E-state index contributed by atoms with van der Waals surface area (Å²) in [6, 6.07) is 17.9. The predicted molar refractivity (Wildman–Crippen MR) is 133 cm³/mol. The van der Waals surface area contributed by atoms with Gasteiger partial charge in [-0.1, -0.05) is 23.9 Å². The second-order valence-electron chi connectivity index (χ2n) is 7.59. The minimum absolute atomic E-state index is 0.153. The minimum Gasteiger partial charge on any atom is -0.497 e. The molecule has 1 fully saturated rings. The third-order valence-electron chi connectivity index (χ3n) is 5.59. The molecule has 33 heavy (non-hydrogen) atoms. The molecule has 168 valence electrons. The van der Waals surface area contributed by atoms with Crippen LogP contribution < -0.4 is 9.64 Å². The van der Waals surface area contributed by atoms with Crippen LogP contribution in [-0.4, -0.2) is 64.8 Å². The number of fused-ring (bicyclic) bond motifs is 1. The van der Waals surface area contributed by atoms with Crippen molar-refractivity contribution in [2.24, 2.45) is 0 Å². The van der Waals surface area contributed by atoms with Gasteiger partial charge in [0.15, 0.2) is 4.34 Å². The van der Waals surface area contributed by atoms with E-state index in [9.17, 15) is 4.79 Å². The largest absolute Gasteiger partial charge is 0.497 e. The Hall–Kier alpha value is -3.17. The Bertz CT molecular complexity index is 1220. The van der Waals surface area contributed by atoms with Crippen LogP contribution in [0.3, 0.4) is 0 Å². The second-order valence-corrected chi connectivity index (χ2v) is 9.85. The molecule has 4 aromatic rings. The molecular weight excluding hydrogens is 454 g/mol. The number of piperazine rings is 1. The Morgan fingerprint density at radius 1 is 1.06 bits per heavy atom. The first-order valence-corrected chi connectivity index (χ1v) is 12.5. The molecule has 0 spiro atoms. The normalized spacial score (nSPS) is 14.0. The van der Waals surface area contributed by atoms with Gasteiger partial charge in [-0.15, -0.1) is 11.3 Å². The zero-order valence-electron chi connectivity index (χ0n) is 18.2. The molecule has 0 radical (unpaired) electrons. The van der Waals surface area contributed by atoms with Crippen molar-refractivity contribution in [1.82, 2.24) is 19.9 Å². The molecule has 0 aliphatic carbocycles. The monoisotopic (exact) mass is 477 g/mol. The summed E-state index contributed by atoms with van der Waals surface area (Å²) in [4.78, 5) is 30.4. The quantitative estimate of drug-likeness (QED) is 0.385. The van der Waals surface area contributed by atoms with Crippen molar-refractivity contribution in [2.75, 3.05) is 43.9 Å². The Labute approximate surface area is 200 Å². The SMILES string of the molecule is COc1ccc(-c2cc(N3CCN(C(=O)CSc4nc5ccccc5s4)CC3)ncn2)cc1. The topological polar surface area (TPSA) is 71.5 Å². The number of anilines is 1. The molecule has 1 saturated heterocycles. The molecule has 3 heterocycles. The molecule has 0 saturated carbocycles. The number of thiazole rings is 1. The summed E-state index contributed by atoms with van der Waals surface area (Å²) in [6.45, 7) is 2.86. The van der Waals surface area contributed by atoms with Crippen molar-refractivity contribution < 1.29 is 9.53 Å². The van der Waals surface area contributed by atoms with Gasteiger partial charge < -0.3 is 14.5 Å². The molecule has 9 heteroatoms. The van der Waals surface area contributed by atoms with Gasteiger partial charge in [0, 0.05) is 37.8 Å². The number of hydrogen-bond acceptors (Lipinski definition) is 8. The molecule has 0 unspecified atom stereocenters. The van der Waals surface area contributed by atoms with Gasteiger partial charge in [0.2, 0.25) is 5.91 Å². The van der Waals surface area contributed by atoms with Crippen molar-refractivity contribution in [3.8, 4) is 17.0 Å². The van der Waals surface area contributed by atoms with E-state index in [1.165, 1.54) is 11.8 Å². The fourth-order valence-corrected chi connectivity index (χ4v) is 5.72. The Morgan fingerprint density at radius 3 is 2.61 bits per heavy atom. The minimum atomic E-state index is 0.153. The molecule has 0 N–H and O–H groups in total. The Balaban J connectivity index is 1.17. The zero-order valence-corrected chi connectivity index (χ0v) is 19.8. The van der Waals surface area contributed by atoms with Crippen molar-refractivity contribution in [3.63, 3.8) is 0 Å². The van der Waals surface area contributed by atoms with E-state index in [1.807, 2.05) is 53.4 Å². The van der Waals surface area contributed by atoms with E-state index in [0.717, 1.165) is 50.5 Å². The van der Waals surface area contributed by atoms with Crippen LogP contribution in [0, 0.1) is 0 Å². The molecule has 0 bridgehead atoms. The van der Waals surface area contributed by atoms with Gasteiger partial charge in [-0.25, -0.2) is 15.0 Å². The van der Waals surface area contributed by atoms with E-state index >= 15 is 0 Å². The predicted octanol–water partition coefficient (Wildman–Crippen LogP) is 4.20. The first-order chi connectivity index (χ1) is 16.2. The van der Waals surface area contributed by atoms with E-state index in [1.54, 1.807) is 24.8 Å². The van der Waals surface area contributed by atoms with Gasteiger partial charge in [-0.05, 0) is 36.4 Å². The lowest BCUT2D eigenvalue weighted by Crippen LogP contribution is -2.49. The number of thioether (sulfide) groups is 1. The van der Waals surface area contributed by atoms with Crippen LogP contribution in [0.1, 0.15) is 0 Å². The van der Waals surface area contributed by atoms with Gasteiger partial charge in [-0.2, -0.15) is 0 Å². The summed E-state index contributed by atoms with van der Waals surface area (Å²) in [5.41, 5.74) is 2.87. The van der Waals surface area contributed by atoms with E-state index < -0.39 is 0 Å². The fraction of sp³-hybridized carbons (Fsp3) is 0.250. The molecule has 7 nitrogen and oxygen atoms in total. The van der Waals surface area contributed by atoms with E-state index in [-0.39, 0.29) is 5.91 Å². The highest BCUT2D eigenvalue weighted by atomic mass is 32.2. The first-order valence-electron chi connectivity index (χ1n) is 10.7. The van der Waals surface area contributed by atoms with Crippen molar-refractivity contribution in [2.45, 2.75) is 4.34 Å².